The van der Waals surface area contributed by atoms with Crippen LogP contribution in [-0.4, -0.2) is 56.1 Å². The molecule has 0 radical (unpaired) electrons. The van der Waals surface area contributed by atoms with Gasteiger partial charge in [0.2, 0.25) is 0 Å². The standard InChI is InChI=1S/C25H54NO2/c1-5-7-9-11-13-14-15-16-18-20-22-28-24-25(27)23-26(3,4)21-19-17-12-10-8-6-2/h25,27H,5-24H2,1-4H3/q+1. The van der Waals surface area contributed by atoms with E-state index in [0.717, 1.165) is 30.6 Å². The highest BCUT2D eigenvalue weighted by Crippen LogP contribution is 2.11. The number of quaternary nitrogens is 1. The molecule has 1 atom stereocenters. The molecular formula is C25H54NO2+. The molecule has 0 amide bonds. The lowest BCUT2D eigenvalue weighted by Crippen LogP contribution is -2.47. The number of likely N-dealkylation sites (N-methyl/N-ethyl adjacent to an activating group) is 1. The molecule has 0 aromatic carbocycles. The minimum absolute atomic E-state index is 0.335. The number of unbranched alkanes of at least 4 members (excludes halogenated alkanes) is 14. The third-order valence-corrected chi connectivity index (χ3v) is 5.77. The van der Waals surface area contributed by atoms with Crippen LogP contribution in [0, 0.1) is 0 Å². The average Bonchev–Trinajstić information content (AvgIpc) is 2.65. The summed E-state index contributed by atoms with van der Waals surface area (Å²) in [6, 6.07) is 0. The van der Waals surface area contributed by atoms with Crippen LogP contribution in [0.2, 0.25) is 0 Å². The largest absolute Gasteiger partial charge is 0.385 e. The summed E-state index contributed by atoms with van der Waals surface area (Å²) in [4.78, 5) is 0. The summed E-state index contributed by atoms with van der Waals surface area (Å²) in [5.41, 5.74) is 0. The molecule has 0 aliphatic carbocycles. The van der Waals surface area contributed by atoms with E-state index in [1.54, 1.807) is 0 Å². The van der Waals surface area contributed by atoms with Gasteiger partial charge in [0.25, 0.3) is 0 Å². The predicted molar refractivity (Wildman–Crippen MR) is 124 cm³/mol. The van der Waals surface area contributed by atoms with Crippen LogP contribution in [0.3, 0.4) is 0 Å². The van der Waals surface area contributed by atoms with Gasteiger partial charge in [-0.2, -0.15) is 0 Å². The van der Waals surface area contributed by atoms with Gasteiger partial charge in [0.15, 0.2) is 0 Å². The first kappa shape index (κ1) is 27.9. The number of rotatable bonds is 22. The smallest absolute Gasteiger partial charge is 0.126 e. The Morgan fingerprint density at radius 1 is 0.643 bits per heavy atom. The zero-order valence-electron chi connectivity index (χ0n) is 20.0. The molecule has 0 aromatic heterocycles. The number of hydrogen-bond donors (Lipinski definition) is 1. The molecule has 0 fully saturated rings. The molecule has 28 heavy (non-hydrogen) atoms. The molecule has 1 N–H and O–H groups in total. The fourth-order valence-corrected chi connectivity index (χ4v) is 3.95. The second-order valence-corrected chi connectivity index (χ2v) is 9.52. The maximum absolute atomic E-state index is 10.3. The molecular weight excluding hydrogens is 346 g/mol. The minimum atomic E-state index is -0.335. The molecule has 170 valence electrons. The zero-order valence-corrected chi connectivity index (χ0v) is 20.0. The van der Waals surface area contributed by atoms with Gasteiger partial charge in [0, 0.05) is 6.61 Å². The van der Waals surface area contributed by atoms with Crippen molar-refractivity contribution in [3.63, 3.8) is 0 Å². The molecule has 0 bridgehead atoms. The van der Waals surface area contributed by atoms with E-state index in [1.807, 2.05) is 0 Å². The van der Waals surface area contributed by atoms with E-state index >= 15 is 0 Å². The topological polar surface area (TPSA) is 29.5 Å². The third-order valence-electron chi connectivity index (χ3n) is 5.77. The lowest BCUT2D eigenvalue weighted by atomic mass is 10.1. The summed E-state index contributed by atoms with van der Waals surface area (Å²) in [6.07, 6.45) is 21.2. The fourth-order valence-electron chi connectivity index (χ4n) is 3.95. The fraction of sp³-hybridized carbons (Fsp3) is 1.00. The Morgan fingerprint density at radius 2 is 1.07 bits per heavy atom. The van der Waals surface area contributed by atoms with Crippen LogP contribution in [0.5, 0.6) is 0 Å². The first-order valence-electron chi connectivity index (χ1n) is 12.6. The Morgan fingerprint density at radius 3 is 1.57 bits per heavy atom. The molecule has 0 spiro atoms. The van der Waals surface area contributed by atoms with Gasteiger partial charge >= 0.3 is 0 Å². The van der Waals surface area contributed by atoms with E-state index in [1.165, 1.54) is 96.3 Å². The van der Waals surface area contributed by atoms with Gasteiger partial charge in [0.05, 0.1) is 27.2 Å². The van der Waals surface area contributed by atoms with Crippen molar-refractivity contribution in [2.45, 2.75) is 123 Å². The maximum Gasteiger partial charge on any atom is 0.126 e. The SMILES string of the molecule is CCCCCCCCCCCCOCC(O)C[N+](C)(C)CCCCCCCC. The van der Waals surface area contributed by atoms with Gasteiger partial charge in [-0.1, -0.05) is 97.3 Å². The minimum Gasteiger partial charge on any atom is -0.385 e. The van der Waals surface area contributed by atoms with E-state index in [-0.39, 0.29) is 6.10 Å². The van der Waals surface area contributed by atoms with Gasteiger partial charge < -0.3 is 14.3 Å². The van der Waals surface area contributed by atoms with Crippen molar-refractivity contribution in [3.05, 3.63) is 0 Å². The molecule has 0 aliphatic heterocycles. The Balaban J connectivity index is 3.44. The van der Waals surface area contributed by atoms with E-state index in [2.05, 4.69) is 27.9 Å². The van der Waals surface area contributed by atoms with Crippen LogP contribution in [0.25, 0.3) is 0 Å². The zero-order chi connectivity index (χ0) is 20.9. The quantitative estimate of drug-likeness (QED) is 0.161. The number of ether oxygens (including phenoxy) is 1. The summed E-state index contributed by atoms with van der Waals surface area (Å²) in [5, 5.41) is 10.3. The maximum atomic E-state index is 10.3. The van der Waals surface area contributed by atoms with Crippen molar-refractivity contribution >= 4 is 0 Å². The van der Waals surface area contributed by atoms with Crippen LogP contribution in [-0.2, 0) is 4.74 Å². The summed E-state index contributed by atoms with van der Waals surface area (Å²) in [7, 11) is 4.47. The highest BCUT2D eigenvalue weighted by Gasteiger charge is 2.20. The molecule has 0 rings (SSSR count). The van der Waals surface area contributed by atoms with E-state index < -0.39 is 0 Å². The van der Waals surface area contributed by atoms with Crippen LogP contribution in [0.15, 0.2) is 0 Å². The van der Waals surface area contributed by atoms with Crippen LogP contribution >= 0.6 is 0 Å². The van der Waals surface area contributed by atoms with Crippen LogP contribution in [0.1, 0.15) is 117 Å². The molecule has 0 heterocycles. The predicted octanol–water partition coefficient (Wildman–Crippen LogP) is 6.72. The average molecular weight is 401 g/mol. The molecule has 1 unspecified atom stereocenters. The summed E-state index contributed by atoms with van der Waals surface area (Å²) >= 11 is 0. The summed E-state index contributed by atoms with van der Waals surface area (Å²) in [6.45, 7) is 7.79. The second-order valence-electron chi connectivity index (χ2n) is 9.52. The van der Waals surface area contributed by atoms with Gasteiger partial charge in [-0.05, 0) is 19.3 Å². The van der Waals surface area contributed by atoms with Crippen molar-refractivity contribution in [1.82, 2.24) is 0 Å². The third kappa shape index (κ3) is 20.6. The Labute approximate surface area is 177 Å². The Kier molecular flexibility index (Phi) is 20.1. The van der Waals surface area contributed by atoms with Gasteiger partial charge in [0.1, 0.15) is 12.6 Å². The number of aliphatic hydroxyl groups is 1. The molecule has 0 saturated heterocycles. The highest BCUT2D eigenvalue weighted by atomic mass is 16.5. The molecule has 0 aliphatic rings. The monoisotopic (exact) mass is 400 g/mol. The van der Waals surface area contributed by atoms with Crippen molar-refractivity contribution in [3.8, 4) is 0 Å². The highest BCUT2D eigenvalue weighted by molar-refractivity contribution is 4.54. The van der Waals surface area contributed by atoms with Crippen LogP contribution < -0.4 is 0 Å². The van der Waals surface area contributed by atoms with Crippen molar-refractivity contribution in [1.29, 1.82) is 0 Å². The van der Waals surface area contributed by atoms with Gasteiger partial charge in [-0.15, -0.1) is 0 Å². The van der Waals surface area contributed by atoms with Gasteiger partial charge in [-0.3, -0.25) is 0 Å². The van der Waals surface area contributed by atoms with Crippen molar-refractivity contribution < 1.29 is 14.3 Å². The molecule has 0 aromatic rings. The van der Waals surface area contributed by atoms with Gasteiger partial charge in [-0.25, -0.2) is 0 Å². The first-order chi connectivity index (χ1) is 13.5. The number of aliphatic hydroxyl groups excluding tert-OH is 1. The first-order valence-corrected chi connectivity index (χ1v) is 12.6. The van der Waals surface area contributed by atoms with E-state index in [0.29, 0.717) is 6.61 Å². The van der Waals surface area contributed by atoms with Crippen molar-refractivity contribution in [2.75, 3.05) is 40.4 Å². The van der Waals surface area contributed by atoms with Crippen LogP contribution in [0.4, 0.5) is 0 Å². The van der Waals surface area contributed by atoms with Crippen molar-refractivity contribution in [2.24, 2.45) is 0 Å². The normalized spacial score (nSPS) is 13.2. The lowest BCUT2D eigenvalue weighted by molar-refractivity contribution is -0.893. The molecule has 3 nitrogen and oxygen atoms in total. The summed E-state index contributed by atoms with van der Waals surface area (Å²) in [5.74, 6) is 0. The van der Waals surface area contributed by atoms with E-state index in [9.17, 15) is 5.11 Å². The Bertz CT molecular complexity index is 307. The van der Waals surface area contributed by atoms with E-state index in [4.69, 9.17) is 4.74 Å². The second kappa shape index (κ2) is 20.2. The number of nitrogens with zero attached hydrogens (tertiary/aromatic N) is 1. The molecule has 0 saturated carbocycles. The number of hydrogen-bond acceptors (Lipinski definition) is 2. The Hall–Kier alpha value is -0.120. The lowest BCUT2D eigenvalue weighted by Gasteiger charge is -2.32. The molecule has 3 heteroatoms. The summed E-state index contributed by atoms with van der Waals surface area (Å²) < 4.78 is 6.62.